The molecule has 1 saturated heterocycles. The molecule has 0 radical (unpaired) electrons. The number of nitrogens with two attached hydrogens (primary N) is 1. The number of carbonyl (C=O) groups excluding carboxylic acids is 1. The molecule has 0 spiro atoms. The predicted molar refractivity (Wildman–Crippen MR) is 77.8 cm³/mol. The molecule has 0 aromatic heterocycles. The van der Waals surface area contributed by atoms with E-state index in [2.05, 4.69) is 26.1 Å². The van der Waals surface area contributed by atoms with Crippen molar-refractivity contribution in [3.05, 3.63) is 0 Å². The largest absolute Gasteiger partial charge is 0.376 e. The fourth-order valence-electron chi connectivity index (χ4n) is 2.72. The summed E-state index contributed by atoms with van der Waals surface area (Å²) in [5.41, 5.74) is 5.88. The number of hydrogen-bond acceptors (Lipinski definition) is 3. The Kier molecular flexibility index (Phi) is 6.27. The van der Waals surface area contributed by atoms with Gasteiger partial charge >= 0.3 is 0 Å². The van der Waals surface area contributed by atoms with Crippen molar-refractivity contribution in [1.82, 2.24) is 5.32 Å². The van der Waals surface area contributed by atoms with Crippen molar-refractivity contribution in [1.29, 1.82) is 0 Å². The van der Waals surface area contributed by atoms with Gasteiger partial charge in [0, 0.05) is 13.0 Å². The van der Waals surface area contributed by atoms with E-state index in [0.29, 0.717) is 18.9 Å². The normalized spacial score (nSPS) is 25.3. The summed E-state index contributed by atoms with van der Waals surface area (Å²) in [4.78, 5) is 12.0. The van der Waals surface area contributed by atoms with Crippen molar-refractivity contribution >= 4 is 5.91 Å². The Morgan fingerprint density at radius 1 is 1.42 bits per heavy atom. The van der Waals surface area contributed by atoms with Gasteiger partial charge in [0.25, 0.3) is 0 Å². The molecule has 1 aliphatic rings. The van der Waals surface area contributed by atoms with Crippen LogP contribution in [0.25, 0.3) is 0 Å². The number of rotatable bonds is 6. The van der Waals surface area contributed by atoms with Crippen LogP contribution < -0.4 is 11.1 Å². The van der Waals surface area contributed by atoms with Gasteiger partial charge in [-0.3, -0.25) is 4.79 Å². The molecule has 0 aromatic rings. The number of hydrogen-bond donors (Lipinski definition) is 2. The van der Waals surface area contributed by atoms with E-state index in [-0.39, 0.29) is 23.5 Å². The second kappa shape index (κ2) is 7.25. The van der Waals surface area contributed by atoms with Crippen molar-refractivity contribution in [2.45, 2.75) is 65.5 Å². The number of ether oxygens (including phenoxy) is 1. The third-order valence-corrected chi connectivity index (χ3v) is 4.18. The molecule has 0 aromatic carbocycles. The molecule has 0 aliphatic carbocycles. The van der Waals surface area contributed by atoms with Crippen molar-refractivity contribution in [2.24, 2.45) is 17.1 Å². The van der Waals surface area contributed by atoms with Gasteiger partial charge in [0.15, 0.2) is 0 Å². The van der Waals surface area contributed by atoms with Gasteiger partial charge in [0.2, 0.25) is 5.91 Å². The second-order valence-electron chi connectivity index (χ2n) is 6.72. The van der Waals surface area contributed by atoms with Crippen LogP contribution in [0.4, 0.5) is 0 Å². The van der Waals surface area contributed by atoms with Crippen LogP contribution >= 0.6 is 0 Å². The van der Waals surface area contributed by atoms with Gasteiger partial charge in [-0.15, -0.1) is 0 Å². The highest BCUT2D eigenvalue weighted by Crippen LogP contribution is 2.32. The van der Waals surface area contributed by atoms with Crippen LogP contribution in [0, 0.1) is 11.3 Å². The Morgan fingerprint density at radius 2 is 2.11 bits per heavy atom. The number of nitrogens with one attached hydrogen (secondary N) is 1. The molecule has 1 rings (SSSR count). The molecule has 1 amide bonds. The molecular weight excluding hydrogens is 240 g/mol. The molecule has 1 fully saturated rings. The minimum Gasteiger partial charge on any atom is -0.376 e. The highest BCUT2D eigenvalue weighted by atomic mass is 16.5. The van der Waals surface area contributed by atoms with Gasteiger partial charge in [-0.1, -0.05) is 20.8 Å². The molecule has 19 heavy (non-hydrogen) atoms. The van der Waals surface area contributed by atoms with E-state index >= 15 is 0 Å². The lowest BCUT2D eigenvalue weighted by molar-refractivity contribution is -0.122. The smallest absolute Gasteiger partial charge is 0.220 e. The molecule has 3 atom stereocenters. The zero-order valence-corrected chi connectivity index (χ0v) is 12.9. The zero-order chi connectivity index (χ0) is 14.5. The van der Waals surface area contributed by atoms with Gasteiger partial charge in [0.05, 0.1) is 12.1 Å². The number of amides is 1. The van der Waals surface area contributed by atoms with Crippen LogP contribution in [0.2, 0.25) is 0 Å². The fourth-order valence-corrected chi connectivity index (χ4v) is 2.72. The summed E-state index contributed by atoms with van der Waals surface area (Å²) >= 11 is 0. The number of carbonyl (C=O) groups is 1. The topological polar surface area (TPSA) is 64.3 Å². The summed E-state index contributed by atoms with van der Waals surface area (Å²) < 4.78 is 5.45. The summed E-state index contributed by atoms with van der Waals surface area (Å²) in [6.07, 6.45) is 3.56. The van der Waals surface area contributed by atoms with Crippen molar-refractivity contribution in [3.8, 4) is 0 Å². The monoisotopic (exact) mass is 270 g/mol. The standard InChI is InChI=1S/C15H30N2O2/c1-11-13(8-10-19-11)17-14(18)6-5-12(7-9-16)15(2,3)4/h11-13H,5-10,16H2,1-4H3,(H,17,18). The Morgan fingerprint density at radius 3 is 2.58 bits per heavy atom. The quantitative estimate of drug-likeness (QED) is 0.776. The lowest BCUT2D eigenvalue weighted by atomic mass is 9.76. The minimum absolute atomic E-state index is 0.145. The zero-order valence-electron chi connectivity index (χ0n) is 12.9. The van der Waals surface area contributed by atoms with E-state index in [4.69, 9.17) is 10.5 Å². The first kappa shape index (κ1) is 16.4. The molecule has 4 heteroatoms. The second-order valence-corrected chi connectivity index (χ2v) is 6.72. The van der Waals surface area contributed by atoms with Crippen molar-refractivity contribution < 1.29 is 9.53 Å². The molecule has 0 saturated carbocycles. The minimum atomic E-state index is 0.145. The average Bonchev–Trinajstić information content (AvgIpc) is 2.69. The van der Waals surface area contributed by atoms with E-state index in [1.54, 1.807) is 0 Å². The fraction of sp³-hybridized carbons (Fsp3) is 0.933. The molecular formula is C15H30N2O2. The van der Waals surface area contributed by atoms with Gasteiger partial charge in [-0.25, -0.2) is 0 Å². The van der Waals surface area contributed by atoms with E-state index in [1.807, 2.05) is 6.92 Å². The molecule has 4 nitrogen and oxygen atoms in total. The summed E-state index contributed by atoms with van der Waals surface area (Å²) in [5.74, 6) is 0.647. The van der Waals surface area contributed by atoms with Crippen molar-refractivity contribution in [2.75, 3.05) is 13.2 Å². The highest BCUT2D eigenvalue weighted by Gasteiger charge is 2.27. The van der Waals surface area contributed by atoms with E-state index in [1.165, 1.54) is 0 Å². The van der Waals surface area contributed by atoms with Crippen LogP contribution in [0.15, 0.2) is 0 Å². The third-order valence-electron chi connectivity index (χ3n) is 4.18. The van der Waals surface area contributed by atoms with Gasteiger partial charge in [-0.05, 0) is 44.1 Å². The van der Waals surface area contributed by atoms with Crippen molar-refractivity contribution in [3.63, 3.8) is 0 Å². The molecule has 0 bridgehead atoms. The van der Waals surface area contributed by atoms with E-state index < -0.39 is 0 Å². The summed E-state index contributed by atoms with van der Waals surface area (Å²) in [5, 5.41) is 3.08. The SMILES string of the molecule is CC1OCCC1NC(=O)CCC(CCN)C(C)(C)C. The third kappa shape index (κ3) is 5.49. The molecule has 112 valence electrons. The van der Waals surface area contributed by atoms with Crippen LogP contribution in [-0.2, 0) is 9.53 Å². The molecule has 3 unspecified atom stereocenters. The Bertz CT molecular complexity index is 286. The lowest BCUT2D eigenvalue weighted by Crippen LogP contribution is -2.39. The Labute approximate surface area is 117 Å². The van der Waals surface area contributed by atoms with Gasteiger partial charge in [-0.2, -0.15) is 0 Å². The Balaban J connectivity index is 2.35. The first-order valence-corrected chi connectivity index (χ1v) is 7.45. The summed E-state index contributed by atoms with van der Waals surface area (Å²) in [6, 6.07) is 0.190. The van der Waals surface area contributed by atoms with Crippen LogP contribution in [0.3, 0.4) is 0 Å². The highest BCUT2D eigenvalue weighted by molar-refractivity contribution is 5.76. The summed E-state index contributed by atoms with van der Waals surface area (Å²) in [7, 11) is 0. The van der Waals surface area contributed by atoms with Gasteiger partial charge < -0.3 is 15.8 Å². The van der Waals surface area contributed by atoms with Crippen LogP contribution in [-0.4, -0.2) is 31.2 Å². The molecule has 3 N–H and O–H groups in total. The average molecular weight is 270 g/mol. The Hall–Kier alpha value is -0.610. The maximum atomic E-state index is 12.0. The first-order valence-electron chi connectivity index (χ1n) is 7.45. The maximum Gasteiger partial charge on any atom is 0.220 e. The summed E-state index contributed by atoms with van der Waals surface area (Å²) in [6.45, 7) is 10.1. The molecule has 1 aliphatic heterocycles. The van der Waals surface area contributed by atoms with E-state index in [0.717, 1.165) is 25.9 Å². The van der Waals surface area contributed by atoms with Crippen LogP contribution in [0.5, 0.6) is 0 Å². The van der Waals surface area contributed by atoms with E-state index in [9.17, 15) is 4.79 Å². The van der Waals surface area contributed by atoms with Crippen LogP contribution in [0.1, 0.15) is 53.4 Å². The lowest BCUT2D eigenvalue weighted by Gasteiger charge is -2.30. The van der Waals surface area contributed by atoms with Gasteiger partial charge in [0.1, 0.15) is 0 Å². The molecule has 1 heterocycles. The first-order chi connectivity index (χ1) is 8.84. The predicted octanol–water partition coefficient (Wildman–Crippen LogP) is 2.07. The maximum absolute atomic E-state index is 12.0.